The van der Waals surface area contributed by atoms with Gasteiger partial charge in [0.05, 0.1) is 26.9 Å². The molecule has 0 fully saturated rings. The van der Waals surface area contributed by atoms with Gasteiger partial charge in [-0.3, -0.25) is 4.79 Å². The second-order valence-corrected chi connectivity index (χ2v) is 10.1. The number of nitrogens with one attached hydrogen (secondary N) is 3. The van der Waals surface area contributed by atoms with Crippen LogP contribution in [0.3, 0.4) is 0 Å². The number of rotatable bonds is 7. The molecular formula is C28H26FN7OS. The molecule has 192 valence electrons. The maximum absolute atomic E-state index is 13.3. The number of nitrogens with two attached hydrogens (primary N) is 1. The Labute approximate surface area is 223 Å². The van der Waals surface area contributed by atoms with E-state index in [1.54, 1.807) is 42.6 Å². The first kappa shape index (κ1) is 25.1. The predicted octanol–water partition coefficient (Wildman–Crippen LogP) is 6.74. The molecule has 0 saturated carbocycles. The first-order chi connectivity index (χ1) is 18.3. The molecule has 8 nitrogen and oxygen atoms in total. The lowest BCUT2D eigenvalue weighted by molar-refractivity contribution is 0.103. The lowest BCUT2D eigenvalue weighted by atomic mass is 10.0. The molecule has 3 heterocycles. The molecule has 5 aromatic rings. The lowest BCUT2D eigenvalue weighted by Gasteiger charge is -2.10. The van der Waals surface area contributed by atoms with E-state index >= 15 is 0 Å². The molecular weight excluding hydrogens is 501 g/mol. The number of imidazole rings is 1. The molecule has 0 spiro atoms. The van der Waals surface area contributed by atoms with E-state index in [1.165, 1.54) is 23.5 Å². The van der Waals surface area contributed by atoms with E-state index in [9.17, 15) is 9.18 Å². The zero-order valence-electron chi connectivity index (χ0n) is 21.0. The van der Waals surface area contributed by atoms with Gasteiger partial charge < -0.3 is 21.4 Å². The lowest BCUT2D eigenvalue weighted by Crippen LogP contribution is -2.11. The van der Waals surface area contributed by atoms with Gasteiger partial charge in [-0.2, -0.15) is 0 Å². The topological polar surface area (TPSA) is 122 Å². The third kappa shape index (κ3) is 5.40. The number of thiophene rings is 1. The summed E-state index contributed by atoms with van der Waals surface area (Å²) < 4.78 is 13.3. The van der Waals surface area contributed by atoms with Crippen LogP contribution in [0.1, 0.15) is 41.0 Å². The molecule has 5 N–H and O–H groups in total. The maximum atomic E-state index is 13.3. The first-order valence-corrected chi connectivity index (χ1v) is 12.8. The van der Waals surface area contributed by atoms with Crippen molar-refractivity contribution in [1.82, 2.24) is 19.9 Å². The van der Waals surface area contributed by atoms with E-state index < -0.39 is 0 Å². The van der Waals surface area contributed by atoms with Crippen molar-refractivity contribution in [2.24, 2.45) is 0 Å². The zero-order chi connectivity index (χ0) is 26.8. The molecule has 3 aromatic heterocycles. The van der Waals surface area contributed by atoms with Crippen LogP contribution >= 0.6 is 11.3 Å². The van der Waals surface area contributed by atoms with Crippen LogP contribution in [0, 0.1) is 12.7 Å². The number of nitrogen functional groups attached to an aromatic ring is 1. The van der Waals surface area contributed by atoms with E-state index in [0.717, 1.165) is 28.3 Å². The standard InChI is InChI=1S/C28H26FN7OS/c1-15(2)25-26(33-16(3)32-25)21-12-13-31-28(35-21)36-24-11-10-23(38-24)27(37)34-22-14-18(6-9-20(22)30)17-4-7-19(29)8-5-17/h4-15H,30H2,1-3H3,(H,32,33)(H,34,37)(H,31,35,36). The quantitative estimate of drug-likeness (QED) is 0.174. The summed E-state index contributed by atoms with van der Waals surface area (Å²) in [5, 5.41) is 6.77. The highest BCUT2D eigenvalue weighted by Crippen LogP contribution is 2.31. The minimum Gasteiger partial charge on any atom is -0.397 e. The van der Waals surface area contributed by atoms with Gasteiger partial charge in [0, 0.05) is 11.9 Å². The van der Waals surface area contributed by atoms with Gasteiger partial charge in [-0.05, 0) is 66.4 Å². The van der Waals surface area contributed by atoms with Gasteiger partial charge in [0.2, 0.25) is 5.95 Å². The summed E-state index contributed by atoms with van der Waals surface area (Å²) in [7, 11) is 0. The van der Waals surface area contributed by atoms with Crippen molar-refractivity contribution in [1.29, 1.82) is 0 Å². The average Bonchev–Trinajstić information content (AvgIpc) is 3.53. The average molecular weight is 528 g/mol. The molecule has 2 aromatic carbocycles. The number of anilines is 4. The van der Waals surface area contributed by atoms with Gasteiger partial charge >= 0.3 is 0 Å². The SMILES string of the molecule is Cc1nc(-c2ccnc(Nc3ccc(C(=O)Nc4cc(-c5ccc(F)cc5)ccc4N)s3)n2)c(C(C)C)[nH]1. The molecule has 0 radical (unpaired) electrons. The van der Waals surface area contributed by atoms with E-state index in [0.29, 0.717) is 32.9 Å². The highest BCUT2D eigenvalue weighted by Gasteiger charge is 2.16. The Bertz CT molecular complexity index is 1610. The minimum absolute atomic E-state index is 0.265. The predicted molar refractivity (Wildman–Crippen MR) is 150 cm³/mol. The zero-order valence-corrected chi connectivity index (χ0v) is 21.9. The second kappa shape index (κ2) is 10.4. The Kier molecular flexibility index (Phi) is 6.89. The highest BCUT2D eigenvalue weighted by molar-refractivity contribution is 7.18. The molecule has 1 amide bonds. The number of carbonyl (C=O) groups is 1. The Balaban J connectivity index is 1.31. The number of carbonyl (C=O) groups excluding carboxylic acids is 1. The number of aryl methyl sites for hydroxylation is 1. The van der Waals surface area contributed by atoms with Gasteiger partial charge in [-0.25, -0.2) is 19.3 Å². The van der Waals surface area contributed by atoms with Crippen LogP contribution in [-0.4, -0.2) is 25.8 Å². The van der Waals surface area contributed by atoms with Gasteiger partial charge in [0.1, 0.15) is 17.3 Å². The molecule has 5 rings (SSSR count). The van der Waals surface area contributed by atoms with Crippen LogP contribution in [0.5, 0.6) is 0 Å². The maximum Gasteiger partial charge on any atom is 0.265 e. The van der Waals surface area contributed by atoms with E-state index in [4.69, 9.17) is 5.73 Å². The normalized spacial score (nSPS) is 11.1. The molecule has 0 bridgehead atoms. The molecule has 0 unspecified atom stereocenters. The van der Waals surface area contributed by atoms with Crippen LogP contribution < -0.4 is 16.4 Å². The number of H-pyrrole nitrogens is 1. The summed E-state index contributed by atoms with van der Waals surface area (Å²) in [5.74, 6) is 0.890. The van der Waals surface area contributed by atoms with Crippen LogP contribution in [-0.2, 0) is 0 Å². The number of nitrogens with zero attached hydrogens (tertiary/aromatic N) is 3. The third-order valence-corrected chi connectivity index (χ3v) is 6.87. The first-order valence-electron chi connectivity index (χ1n) is 12.0. The van der Waals surface area contributed by atoms with Gasteiger partial charge in [0.15, 0.2) is 0 Å². The second-order valence-electron chi connectivity index (χ2n) is 9.06. The summed E-state index contributed by atoms with van der Waals surface area (Å²) >= 11 is 1.27. The van der Waals surface area contributed by atoms with Crippen molar-refractivity contribution < 1.29 is 9.18 Å². The number of amides is 1. The van der Waals surface area contributed by atoms with E-state index in [2.05, 4.69) is 44.4 Å². The van der Waals surface area contributed by atoms with Crippen molar-refractivity contribution in [3.63, 3.8) is 0 Å². The Morgan fingerprint density at radius 3 is 2.55 bits per heavy atom. The van der Waals surface area contributed by atoms with Crippen LogP contribution in [0.2, 0.25) is 0 Å². The summed E-state index contributed by atoms with van der Waals surface area (Å²) in [4.78, 5) is 30.3. The number of aromatic nitrogens is 4. The fraction of sp³-hybridized carbons (Fsp3) is 0.143. The van der Waals surface area contributed by atoms with E-state index in [-0.39, 0.29) is 17.6 Å². The van der Waals surface area contributed by atoms with Crippen molar-refractivity contribution >= 4 is 39.6 Å². The molecule has 38 heavy (non-hydrogen) atoms. The Hall–Kier alpha value is -4.57. The van der Waals surface area contributed by atoms with Crippen LogP contribution in [0.4, 0.5) is 26.7 Å². The van der Waals surface area contributed by atoms with E-state index in [1.807, 2.05) is 19.1 Å². The highest BCUT2D eigenvalue weighted by atomic mass is 32.1. The van der Waals surface area contributed by atoms with Crippen molar-refractivity contribution in [3.05, 3.63) is 89.1 Å². The number of benzene rings is 2. The summed E-state index contributed by atoms with van der Waals surface area (Å²) in [6, 6.07) is 16.8. The number of hydrogen-bond donors (Lipinski definition) is 4. The molecule has 0 aliphatic heterocycles. The molecule has 0 aliphatic carbocycles. The fourth-order valence-corrected chi connectivity index (χ4v) is 4.78. The van der Waals surface area contributed by atoms with Crippen molar-refractivity contribution in [2.75, 3.05) is 16.4 Å². The molecule has 10 heteroatoms. The number of aromatic amines is 1. The fourth-order valence-electron chi connectivity index (χ4n) is 3.98. The molecule has 0 saturated heterocycles. The molecule has 0 aliphatic rings. The molecule has 0 atom stereocenters. The Morgan fingerprint density at radius 2 is 1.79 bits per heavy atom. The Morgan fingerprint density at radius 1 is 1.03 bits per heavy atom. The number of halogens is 1. The van der Waals surface area contributed by atoms with Gasteiger partial charge in [0.25, 0.3) is 5.91 Å². The van der Waals surface area contributed by atoms with Gasteiger partial charge in [-0.15, -0.1) is 11.3 Å². The summed E-state index contributed by atoms with van der Waals surface area (Å²) in [6.07, 6.45) is 1.68. The monoisotopic (exact) mass is 527 g/mol. The number of hydrogen-bond acceptors (Lipinski definition) is 7. The van der Waals surface area contributed by atoms with Crippen molar-refractivity contribution in [3.8, 4) is 22.5 Å². The van der Waals surface area contributed by atoms with Gasteiger partial charge in [-0.1, -0.05) is 32.0 Å². The smallest absolute Gasteiger partial charge is 0.265 e. The summed E-state index contributed by atoms with van der Waals surface area (Å²) in [5.41, 5.74) is 11.2. The largest absolute Gasteiger partial charge is 0.397 e. The van der Waals surface area contributed by atoms with Crippen LogP contribution in [0.15, 0.2) is 66.9 Å². The van der Waals surface area contributed by atoms with Crippen molar-refractivity contribution in [2.45, 2.75) is 26.7 Å². The van der Waals surface area contributed by atoms with Crippen LogP contribution in [0.25, 0.3) is 22.5 Å². The minimum atomic E-state index is -0.312. The summed E-state index contributed by atoms with van der Waals surface area (Å²) in [6.45, 7) is 6.12. The third-order valence-electron chi connectivity index (χ3n) is 5.87.